The van der Waals surface area contributed by atoms with Gasteiger partial charge in [-0.2, -0.15) is 0 Å². The molecule has 0 amide bonds. The van der Waals surface area contributed by atoms with Gasteiger partial charge in [-0.1, -0.05) is 225 Å². The summed E-state index contributed by atoms with van der Waals surface area (Å²) in [5.74, 6) is 1.89. The molecule has 4 heterocycles. The predicted molar refractivity (Wildman–Crippen MR) is 511 cm³/mol. The minimum atomic E-state index is -0.00219. The number of aromatic nitrogens is 3. The highest BCUT2D eigenvalue weighted by molar-refractivity contribution is 6.10. The summed E-state index contributed by atoms with van der Waals surface area (Å²) < 4.78 is 13.2. The fraction of sp³-hybridized carbons (Fsp3) is 0.291. The summed E-state index contributed by atoms with van der Waals surface area (Å²) in [6.45, 7) is 53.3. The van der Waals surface area contributed by atoms with E-state index in [1.807, 2.05) is 0 Å². The Balaban J connectivity index is 0.000000130. The Morgan fingerprint density at radius 1 is 0.248 bits per heavy atom. The minimum absolute atomic E-state index is 0.00219. The lowest BCUT2D eigenvalue weighted by Crippen LogP contribution is -2.39. The summed E-state index contributed by atoms with van der Waals surface area (Å²) in [5.41, 5.74) is 28.7. The average Bonchev–Trinajstić information content (AvgIpc) is 1.73. The predicted octanol–water partition coefficient (Wildman–Crippen LogP) is 31.5. The number of benzene rings is 13. The smallest absolute Gasteiger partial charge is 0.151 e. The molecule has 1 aliphatic rings. The van der Waals surface area contributed by atoms with Crippen molar-refractivity contribution in [1.29, 1.82) is 0 Å². The van der Waals surface area contributed by atoms with Crippen LogP contribution in [-0.4, -0.2) is 24.8 Å². The van der Waals surface area contributed by atoms with Crippen LogP contribution in [0.2, 0.25) is 0 Å². The first-order chi connectivity index (χ1) is 55.1. The molecule has 0 N–H and O–H groups in total. The summed E-state index contributed by atoms with van der Waals surface area (Å²) >= 11 is 0. The molecule has 0 radical (unpaired) electrons. The molecule has 0 aliphatic carbocycles. The number of anilines is 7. The highest BCUT2D eigenvalue weighted by atomic mass is 16.5. The lowest BCUT2D eigenvalue weighted by atomic mass is 9.86. The fourth-order valence-corrected chi connectivity index (χ4v) is 16.1. The number of hydrogen-bond donors (Lipinski definition) is 0. The largest absolute Gasteiger partial charge is 0.453 e. The van der Waals surface area contributed by atoms with Crippen LogP contribution in [0.15, 0.2) is 291 Å². The summed E-state index contributed by atoms with van der Waals surface area (Å²) in [5, 5.41) is 8.17. The monoisotopic (exact) mass is 1550 g/mol. The van der Waals surface area contributed by atoms with Gasteiger partial charge in [0.1, 0.15) is 0 Å². The molecule has 0 saturated heterocycles. The van der Waals surface area contributed by atoms with Gasteiger partial charge in [-0.3, -0.25) is 0 Å². The third kappa shape index (κ3) is 19.3. The molecule has 0 spiro atoms. The van der Waals surface area contributed by atoms with Gasteiger partial charge in [0.05, 0.1) is 11.4 Å². The van der Waals surface area contributed by atoms with Crippen LogP contribution in [0, 0.1) is 41.5 Å². The van der Waals surface area contributed by atoms with Crippen LogP contribution in [0.4, 0.5) is 39.8 Å². The zero-order valence-electron chi connectivity index (χ0n) is 74.8. The molecule has 0 bridgehead atoms. The molecule has 0 fully saturated rings. The van der Waals surface area contributed by atoms with E-state index in [-0.39, 0.29) is 32.9 Å². The Labute approximate surface area is 699 Å². The quantitative estimate of drug-likeness (QED) is 0.172. The third-order valence-corrected chi connectivity index (χ3v) is 22.1. The van der Waals surface area contributed by atoms with Gasteiger partial charge in [-0.05, 0) is 299 Å². The van der Waals surface area contributed by atoms with Crippen molar-refractivity contribution < 1.29 is 4.74 Å². The molecule has 0 saturated carbocycles. The topological polar surface area (TPSA) is 33.7 Å². The van der Waals surface area contributed by atoms with Gasteiger partial charge < -0.3 is 33.1 Å². The summed E-state index contributed by atoms with van der Waals surface area (Å²) in [6, 6.07) is 104. The van der Waals surface area contributed by atoms with E-state index >= 15 is 0 Å². The second-order valence-corrected chi connectivity index (χ2v) is 38.2. The van der Waals surface area contributed by atoms with E-state index in [9.17, 15) is 0 Å². The Bertz CT molecular complexity index is 5920. The Morgan fingerprint density at radius 3 is 0.966 bits per heavy atom. The van der Waals surface area contributed by atoms with E-state index in [1.165, 1.54) is 144 Å². The lowest BCUT2D eigenvalue weighted by Gasteiger charge is -2.42. The first-order valence-corrected chi connectivity index (χ1v) is 41.7. The number of para-hydroxylation sites is 4. The number of fused-ring (bicyclic) bond motifs is 11. The van der Waals surface area contributed by atoms with Crippen molar-refractivity contribution in [3.8, 4) is 11.5 Å². The number of hydrogen-bond acceptors (Lipinski definition) is 4. The van der Waals surface area contributed by atoms with Crippen LogP contribution in [0.5, 0.6) is 11.5 Å². The van der Waals surface area contributed by atoms with Crippen molar-refractivity contribution in [2.24, 2.45) is 14.1 Å². The van der Waals surface area contributed by atoms with E-state index in [0.29, 0.717) is 0 Å². The van der Waals surface area contributed by atoms with Crippen molar-refractivity contribution in [3.05, 3.63) is 341 Å². The molecule has 1 aliphatic heterocycles. The molecule has 602 valence electrons. The number of aryl methyl sites for hydroxylation is 8. The molecule has 17 rings (SSSR count). The fourth-order valence-electron chi connectivity index (χ4n) is 16.1. The van der Waals surface area contributed by atoms with Crippen molar-refractivity contribution in [3.63, 3.8) is 0 Å². The first kappa shape index (κ1) is 84.8. The highest BCUT2D eigenvalue weighted by Gasteiger charge is 2.33. The van der Waals surface area contributed by atoms with Gasteiger partial charge in [0, 0.05) is 125 Å². The SMILES string of the molecule is CC(C)(C)N(c1ccccc1)c1ccccc1.CC(C)(C)c1ccc(N(c2ccccc2)c2ccccc2)cc1.Cc1ccc2c(c1)Oc1cc(C)ccc1N2C(C)(C)C.Cc1ccc2c(c1)c1cc(C(C)(C)C)ccc1n2C.Cc1ccc2c(c1)c1cc(C)ccc1n2C(C)(C)C.Cc1ccc2c3ccc(C(C)(C)C)cc3n(C)c2c1. The van der Waals surface area contributed by atoms with Gasteiger partial charge in [0.2, 0.25) is 0 Å². The summed E-state index contributed by atoms with van der Waals surface area (Å²) in [6.07, 6.45) is 0. The van der Waals surface area contributed by atoms with Crippen LogP contribution in [-0.2, 0) is 35.9 Å². The minimum Gasteiger partial charge on any atom is -0.453 e. The van der Waals surface area contributed by atoms with Gasteiger partial charge in [-0.15, -0.1) is 0 Å². The third-order valence-electron chi connectivity index (χ3n) is 22.1. The molecular weight excluding hydrogens is 1420 g/mol. The van der Waals surface area contributed by atoms with E-state index in [0.717, 1.165) is 22.9 Å². The summed E-state index contributed by atoms with van der Waals surface area (Å²) in [7, 11) is 4.31. The van der Waals surface area contributed by atoms with Gasteiger partial charge in [0.15, 0.2) is 11.5 Å². The van der Waals surface area contributed by atoms with Crippen LogP contribution in [0.1, 0.15) is 175 Å². The van der Waals surface area contributed by atoms with Crippen molar-refractivity contribution in [1.82, 2.24) is 13.7 Å². The average molecular weight is 1550 g/mol. The Morgan fingerprint density at radius 2 is 0.556 bits per heavy atom. The standard InChI is InChI=1S/C22H23N.C18H21NO.3C18H21N.C16H19N/c1-22(2,3)18-14-16-21(17-15-18)23(19-10-6-4-7-11-19)20-12-8-5-9-13-20;1-12-6-8-14-16(10-12)20-17-11-13(2)7-9-15(17)19(14)18(3,4)5;1-12-6-8-16-14(10-12)15-11-13(18(2,3)4)7-9-17(15)19(16)5;1-12-6-8-14-15-9-7-13(18(2,3)4)11-17(15)19(5)16(14)10-12;1-12-6-8-16-14(10-12)15-11-13(2)7-9-17(15)19(16)18(3,4)5;1-16(2,3)17(14-10-6-4-7-11-14)15-12-8-5-9-13-15/h4-17H,1-3H3;6-11H,1-5H3;3*6-11H,1-5H3;4-13H,1-3H3. The zero-order valence-corrected chi connectivity index (χ0v) is 74.8. The van der Waals surface area contributed by atoms with Gasteiger partial charge >= 0.3 is 0 Å². The van der Waals surface area contributed by atoms with E-state index in [1.54, 1.807) is 0 Å². The molecule has 16 aromatic rings. The highest BCUT2D eigenvalue weighted by Crippen LogP contribution is 2.51. The molecule has 7 heteroatoms. The van der Waals surface area contributed by atoms with Crippen LogP contribution in [0.3, 0.4) is 0 Å². The zero-order chi connectivity index (χ0) is 84.4. The maximum Gasteiger partial charge on any atom is 0.151 e. The van der Waals surface area contributed by atoms with E-state index < -0.39 is 0 Å². The molecule has 0 unspecified atom stereocenters. The normalized spacial score (nSPS) is 12.2. The van der Waals surface area contributed by atoms with Crippen molar-refractivity contribution >= 4 is 105 Å². The van der Waals surface area contributed by atoms with Gasteiger partial charge in [0.25, 0.3) is 0 Å². The molecule has 3 aromatic heterocycles. The Kier molecular flexibility index (Phi) is 24.6. The molecule has 0 atom stereocenters. The van der Waals surface area contributed by atoms with Crippen molar-refractivity contribution in [2.75, 3.05) is 14.7 Å². The van der Waals surface area contributed by atoms with E-state index in [2.05, 4.69) is 500 Å². The second-order valence-electron chi connectivity index (χ2n) is 38.2. The lowest BCUT2D eigenvalue weighted by molar-refractivity contribution is 0.423. The van der Waals surface area contributed by atoms with Gasteiger partial charge in [-0.25, -0.2) is 0 Å². The molecule has 7 nitrogen and oxygen atoms in total. The Hall–Kier alpha value is -11.5. The molecule has 117 heavy (non-hydrogen) atoms. The van der Waals surface area contributed by atoms with Crippen LogP contribution < -0.4 is 19.4 Å². The number of rotatable bonds is 5. The van der Waals surface area contributed by atoms with Crippen LogP contribution in [0.25, 0.3) is 65.4 Å². The number of ether oxygens (including phenoxy) is 1. The summed E-state index contributed by atoms with van der Waals surface area (Å²) in [4.78, 5) is 7.00. The first-order valence-electron chi connectivity index (χ1n) is 41.7. The molecular formula is C110H126N6O. The van der Waals surface area contributed by atoms with Crippen LogP contribution >= 0.6 is 0 Å². The second kappa shape index (κ2) is 34.0. The maximum atomic E-state index is 6.12. The molecule has 13 aromatic carbocycles. The van der Waals surface area contributed by atoms with E-state index in [4.69, 9.17) is 4.74 Å². The maximum absolute atomic E-state index is 6.12. The van der Waals surface area contributed by atoms with Crippen molar-refractivity contribution in [2.45, 2.75) is 199 Å². The number of nitrogens with zero attached hydrogens (tertiary/aromatic N) is 6.